The smallest absolute Gasteiger partial charge is 0.338 e. The van der Waals surface area contributed by atoms with E-state index in [1.807, 2.05) is 36.4 Å². The lowest BCUT2D eigenvalue weighted by Gasteiger charge is -2.16. The monoisotopic (exact) mass is 736 g/mol. The molecule has 5 aromatic carbocycles. The molecule has 11 heteroatoms. The molecule has 0 saturated carbocycles. The highest BCUT2D eigenvalue weighted by atomic mass is 32.2. The quantitative estimate of drug-likeness (QED) is 0.0789. The molecule has 0 spiro atoms. The van der Waals surface area contributed by atoms with Gasteiger partial charge in [0.25, 0.3) is 11.8 Å². The average Bonchev–Trinajstić information content (AvgIpc) is 3.66. The van der Waals surface area contributed by atoms with Crippen LogP contribution in [0.15, 0.2) is 132 Å². The van der Waals surface area contributed by atoms with Gasteiger partial charge in [-0.1, -0.05) is 54.6 Å². The van der Waals surface area contributed by atoms with Gasteiger partial charge in [-0.15, -0.1) is 11.8 Å². The number of ether oxygens (including phenoxy) is 1. The first-order valence-corrected chi connectivity index (χ1v) is 18.4. The number of rotatable bonds is 11. The van der Waals surface area contributed by atoms with Gasteiger partial charge in [-0.3, -0.25) is 19.2 Å². The van der Waals surface area contributed by atoms with Gasteiger partial charge >= 0.3 is 5.97 Å². The van der Waals surface area contributed by atoms with Gasteiger partial charge in [-0.2, -0.15) is 0 Å². The Bertz CT molecular complexity index is 2460. The molecule has 0 radical (unpaired) electrons. The zero-order valence-electron chi connectivity index (χ0n) is 29.6. The van der Waals surface area contributed by atoms with Crippen LogP contribution in [-0.2, 0) is 25.7 Å². The molecule has 2 heterocycles. The molecule has 2 N–H and O–H groups in total. The highest BCUT2D eigenvalue weighted by molar-refractivity contribution is 8.00. The van der Waals surface area contributed by atoms with Crippen LogP contribution in [0.2, 0.25) is 0 Å². The molecule has 1 aliphatic rings. The Balaban J connectivity index is 1.12. The Hall–Kier alpha value is -6.46. The van der Waals surface area contributed by atoms with Gasteiger partial charge in [0.1, 0.15) is 5.70 Å². The number of amides is 4. The number of aromatic nitrogens is 1. The summed E-state index contributed by atoms with van der Waals surface area (Å²) in [7, 11) is 0. The van der Waals surface area contributed by atoms with Crippen molar-refractivity contribution in [1.29, 1.82) is 0 Å². The van der Waals surface area contributed by atoms with Crippen molar-refractivity contribution in [2.75, 3.05) is 16.8 Å². The molecule has 0 aliphatic carbocycles. The maximum absolute atomic E-state index is 13.9. The van der Waals surface area contributed by atoms with Gasteiger partial charge in [-0.25, -0.2) is 9.69 Å². The van der Waals surface area contributed by atoms with Crippen LogP contribution in [0.3, 0.4) is 0 Å². The van der Waals surface area contributed by atoms with Gasteiger partial charge in [0, 0.05) is 50.9 Å². The number of carbonyl (C=O) groups excluding carboxylic acids is 5. The third-order valence-corrected chi connectivity index (χ3v) is 10.2. The summed E-state index contributed by atoms with van der Waals surface area (Å²) >= 11 is 1.22. The van der Waals surface area contributed by atoms with Crippen molar-refractivity contribution < 1.29 is 28.7 Å². The zero-order valence-corrected chi connectivity index (χ0v) is 30.4. The molecule has 0 unspecified atom stereocenters. The predicted molar refractivity (Wildman–Crippen MR) is 211 cm³/mol. The third kappa shape index (κ3) is 7.39. The maximum atomic E-state index is 13.9. The number of carbonyl (C=O) groups is 5. The topological polar surface area (TPSA) is 127 Å². The summed E-state index contributed by atoms with van der Waals surface area (Å²) in [6.07, 6.45) is 1.64. The fourth-order valence-electron chi connectivity index (χ4n) is 6.54. The van der Waals surface area contributed by atoms with Gasteiger partial charge in [0.15, 0.2) is 0 Å². The highest BCUT2D eigenvalue weighted by Gasteiger charge is 2.40. The van der Waals surface area contributed by atoms with Crippen molar-refractivity contribution in [3.05, 3.63) is 144 Å². The summed E-state index contributed by atoms with van der Waals surface area (Å²) in [4.78, 5) is 67.5. The molecular formula is C43H36N4O6S. The largest absolute Gasteiger partial charge is 0.462 e. The number of aryl methyl sites for hydroxylation is 1. The first-order valence-electron chi connectivity index (χ1n) is 17.5. The minimum atomic E-state index is -0.692. The molecule has 10 nitrogen and oxygen atoms in total. The van der Waals surface area contributed by atoms with Crippen molar-refractivity contribution in [2.24, 2.45) is 0 Å². The lowest BCUT2D eigenvalue weighted by molar-refractivity contribution is -0.121. The summed E-state index contributed by atoms with van der Waals surface area (Å²) in [6, 6.07) is 35.9. The van der Waals surface area contributed by atoms with E-state index in [4.69, 9.17) is 4.74 Å². The van der Waals surface area contributed by atoms with Crippen LogP contribution in [0.4, 0.5) is 11.4 Å². The second kappa shape index (κ2) is 15.6. The van der Waals surface area contributed by atoms with Crippen molar-refractivity contribution in [3.8, 4) is 0 Å². The van der Waals surface area contributed by atoms with E-state index in [0.29, 0.717) is 27.4 Å². The van der Waals surface area contributed by atoms with Gasteiger partial charge < -0.3 is 19.9 Å². The molecule has 1 atom stereocenters. The summed E-state index contributed by atoms with van der Waals surface area (Å²) in [5.74, 6) is -2.19. The standard InChI is InChI=1S/C43H36N4O6S/c1-3-46-36-16-9-8-15-33(36)34-22-17-27(24-37(34)46)23-35(45-40(49)28-11-6-5-7-12-28)41(50)44-30-13-10-14-32(25-30)54-38-26-39(48)47(42(38)51)31-20-18-29(19-21-31)43(52)53-4-2/h5-25,38H,3-4,26H2,1-2H3,(H,44,50)(H,45,49)/b35-23-/t38-/m1/s1. The number of anilines is 2. The molecule has 7 rings (SSSR count). The van der Waals surface area contributed by atoms with Crippen LogP contribution < -0.4 is 15.5 Å². The summed E-state index contributed by atoms with van der Waals surface area (Å²) in [6.45, 7) is 4.79. The second-order valence-electron chi connectivity index (χ2n) is 12.5. The number of thioether (sulfide) groups is 1. The van der Waals surface area contributed by atoms with Crippen LogP contribution in [0.5, 0.6) is 0 Å². The second-order valence-corrected chi connectivity index (χ2v) is 13.8. The van der Waals surface area contributed by atoms with E-state index in [0.717, 1.165) is 38.8 Å². The van der Waals surface area contributed by atoms with Crippen LogP contribution in [0.1, 0.15) is 46.5 Å². The molecule has 1 aromatic heterocycles. The number of imide groups is 1. The number of hydrogen-bond donors (Lipinski definition) is 2. The summed E-state index contributed by atoms with van der Waals surface area (Å²) in [5.41, 5.74) is 4.43. The van der Waals surface area contributed by atoms with E-state index in [-0.39, 0.29) is 30.5 Å². The molecule has 0 bridgehead atoms. The Morgan fingerprint density at radius 2 is 1.54 bits per heavy atom. The van der Waals surface area contributed by atoms with Crippen molar-refractivity contribution in [3.63, 3.8) is 0 Å². The van der Waals surface area contributed by atoms with Gasteiger partial charge in [0.05, 0.1) is 23.1 Å². The number of nitrogens with zero attached hydrogens (tertiary/aromatic N) is 2. The van der Waals surface area contributed by atoms with E-state index in [2.05, 4.69) is 34.3 Å². The lowest BCUT2D eigenvalue weighted by Crippen LogP contribution is -2.31. The van der Waals surface area contributed by atoms with Crippen LogP contribution >= 0.6 is 11.8 Å². The van der Waals surface area contributed by atoms with Crippen molar-refractivity contribution in [1.82, 2.24) is 9.88 Å². The first kappa shape index (κ1) is 35.9. The SMILES string of the molecule is CCOC(=O)c1ccc(N2C(=O)C[C@@H](Sc3cccc(NC(=O)/C(=C/c4ccc5c6ccccc6n(CC)c5c4)NC(=O)c4ccccc4)c3)C2=O)cc1. The number of esters is 1. The number of benzene rings is 5. The van der Waals surface area contributed by atoms with Crippen LogP contribution in [0.25, 0.3) is 27.9 Å². The van der Waals surface area contributed by atoms with E-state index in [1.54, 1.807) is 73.7 Å². The predicted octanol–water partition coefficient (Wildman–Crippen LogP) is 7.82. The minimum absolute atomic E-state index is 0.0144. The molecule has 4 amide bonds. The third-order valence-electron chi connectivity index (χ3n) is 9.07. The Labute approximate surface area is 315 Å². The summed E-state index contributed by atoms with van der Waals surface area (Å²) < 4.78 is 7.24. The van der Waals surface area contributed by atoms with E-state index >= 15 is 0 Å². The molecule has 54 heavy (non-hydrogen) atoms. The van der Waals surface area contributed by atoms with E-state index < -0.39 is 23.0 Å². The Kier molecular flexibility index (Phi) is 10.4. The highest BCUT2D eigenvalue weighted by Crippen LogP contribution is 2.35. The van der Waals surface area contributed by atoms with Crippen molar-refractivity contribution >= 4 is 80.6 Å². The van der Waals surface area contributed by atoms with E-state index in [9.17, 15) is 24.0 Å². The number of fused-ring (bicyclic) bond motifs is 3. The maximum Gasteiger partial charge on any atom is 0.338 e. The Morgan fingerprint density at radius 3 is 2.30 bits per heavy atom. The van der Waals surface area contributed by atoms with Crippen LogP contribution in [0, 0.1) is 0 Å². The van der Waals surface area contributed by atoms with Crippen molar-refractivity contribution in [2.45, 2.75) is 37.0 Å². The van der Waals surface area contributed by atoms with Gasteiger partial charge in [-0.05, 0) is 92.2 Å². The fraction of sp³-hybridized carbons (Fsp3) is 0.140. The molecule has 1 fully saturated rings. The number of para-hydroxylation sites is 1. The lowest BCUT2D eigenvalue weighted by atomic mass is 10.1. The molecule has 1 aliphatic heterocycles. The normalized spacial score (nSPS) is 14.4. The average molecular weight is 737 g/mol. The van der Waals surface area contributed by atoms with E-state index in [1.165, 1.54) is 23.9 Å². The number of hydrogen-bond acceptors (Lipinski definition) is 7. The molecule has 1 saturated heterocycles. The zero-order chi connectivity index (χ0) is 37.8. The fourth-order valence-corrected chi connectivity index (χ4v) is 7.66. The van der Waals surface area contributed by atoms with Gasteiger partial charge in [0.2, 0.25) is 11.8 Å². The van der Waals surface area contributed by atoms with Crippen LogP contribution in [-0.4, -0.2) is 46.0 Å². The molecule has 6 aromatic rings. The summed E-state index contributed by atoms with van der Waals surface area (Å²) in [5, 5.41) is 7.25. The molecular weight excluding hydrogens is 701 g/mol. The molecule has 270 valence electrons. The minimum Gasteiger partial charge on any atom is -0.462 e. The number of nitrogens with one attached hydrogen (secondary N) is 2. The first-order chi connectivity index (χ1) is 26.2. The Morgan fingerprint density at radius 1 is 0.796 bits per heavy atom.